The first-order valence-electron chi connectivity index (χ1n) is 6.75. The molecule has 0 fully saturated rings. The van der Waals surface area contributed by atoms with Gasteiger partial charge in [0.05, 0.1) is 20.1 Å². The highest BCUT2D eigenvalue weighted by Gasteiger charge is 2.30. The number of nitrogens with one attached hydrogen (secondary N) is 1. The standard InChI is InChI=1S/C15H22F3NO2/c1-10(8-15(16,17)18)19-11(2)12-5-6-14(21-4)13(7-12)9-20-3/h5-7,10-11,19H,8-9H2,1-4H3. The first kappa shape index (κ1) is 17.8. The van der Waals surface area contributed by atoms with Gasteiger partial charge < -0.3 is 14.8 Å². The first-order valence-corrected chi connectivity index (χ1v) is 6.75. The Morgan fingerprint density at radius 3 is 2.38 bits per heavy atom. The summed E-state index contributed by atoms with van der Waals surface area (Å²) in [5.74, 6) is 0.705. The van der Waals surface area contributed by atoms with Crippen LogP contribution in [-0.4, -0.2) is 26.4 Å². The van der Waals surface area contributed by atoms with Gasteiger partial charge in [-0.15, -0.1) is 0 Å². The van der Waals surface area contributed by atoms with Crippen molar-refractivity contribution < 1.29 is 22.6 Å². The first-order chi connectivity index (χ1) is 9.76. The van der Waals surface area contributed by atoms with Crippen molar-refractivity contribution in [3.05, 3.63) is 29.3 Å². The fourth-order valence-electron chi connectivity index (χ4n) is 2.27. The molecule has 0 amide bonds. The molecule has 0 saturated carbocycles. The molecule has 0 saturated heterocycles. The van der Waals surface area contributed by atoms with Crippen LogP contribution in [0.4, 0.5) is 13.2 Å². The van der Waals surface area contributed by atoms with Gasteiger partial charge >= 0.3 is 6.18 Å². The van der Waals surface area contributed by atoms with Gasteiger partial charge in [0.15, 0.2) is 0 Å². The zero-order valence-electron chi connectivity index (χ0n) is 12.8. The number of rotatable bonds is 7. The molecule has 1 N–H and O–H groups in total. The number of hydrogen-bond donors (Lipinski definition) is 1. The van der Waals surface area contributed by atoms with Gasteiger partial charge in [-0.2, -0.15) is 13.2 Å². The number of methoxy groups -OCH3 is 2. The Labute approximate surface area is 123 Å². The molecule has 0 aromatic heterocycles. The van der Waals surface area contributed by atoms with Crippen LogP contribution in [-0.2, 0) is 11.3 Å². The predicted octanol–water partition coefficient (Wildman–Crippen LogP) is 3.83. The van der Waals surface area contributed by atoms with E-state index in [1.54, 1.807) is 20.3 Å². The summed E-state index contributed by atoms with van der Waals surface area (Å²) in [4.78, 5) is 0. The molecule has 0 bridgehead atoms. The zero-order chi connectivity index (χ0) is 16.0. The van der Waals surface area contributed by atoms with E-state index >= 15 is 0 Å². The van der Waals surface area contributed by atoms with E-state index in [-0.39, 0.29) is 6.04 Å². The Balaban J connectivity index is 2.78. The molecule has 0 spiro atoms. The smallest absolute Gasteiger partial charge is 0.390 e. The van der Waals surface area contributed by atoms with Gasteiger partial charge in [0, 0.05) is 24.8 Å². The van der Waals surface area contributed by atoms with Crippen LogP contribution in [0.5, 0.6) is 5.75 Å². The third-order valence-electron chi connectivity index (χ3n) is 3.18. The third kappa shape index (κ3) is 5.93. The summed E-state index contributed by atoms with van der Waals surface area (Å²) in [5.41, 5.74) is 1.77. The average Bonchev–Trinajstić information content (AvgIpc) is 2.36. The highest BCUT2D eigenvalue weighted by atomic mass is 19.4. The van der Waals surface area contributed by atoms with Gasteiger partial charge in [-0.1, -0.05) is 6.07 Å². The number of benzene rings is 1. The molecule has 21 heavy (non-hydrogen) atoms. The molecule has 120 valence electrons. The highest BCUT2D eigenvalue weighted by molar-refractivity contribution is 5.38. The van der Waals surface area contributed by atoms with E-state index in [1.165, 1.54) is 6.92 Å². The molecular weight excluding hydrogens is 283 g/mol. The second-order valence-electron chi connectivity index (χ2n) is 5.11. The molecule has 1 aromatic carbocycles. The second kappa shape index (κ2) is 7.66. The number of hydrogen-bond acceptors (Lipinski definition) is 3. The van der Waals surface area contributed by atoms with Crippen LogP contribution in [0.2, 0.25) is 0 Å². The second-order valence-corrected chi connectivity index (χ2v) is 5.11. The van der Waals surface area contributed by atoms with E-state index in [0.29, 0.717) is 12.4 Å². The average molecular weight is 305 g/mol. The minimum absolute atomic E-state index is 0.191. The van der Waals surface area contributed by atoms with Crippen LogP contribution in [0.1, 0.15) is 37.4 Å². The normalized spacial score (nSPS) is 14.8. The minimum Gasteiger partial charge on any atom is -0.496 e. The SMILES string of the molecule is COCc1cc(C(C)NC(C)CC(F)(F)F)ccc1OC. The minimum atomic E-state index is -4.16. The molecule has 1 rings (SSSR count). The highest BCUT2D eigenvalue weighted by Crippen LogP contribution is 2.26. The molecule has 3 nitrogen and oxygen atoms in total. The lowest BCUT2D eigenvalue weighted by atomic mass is 10.0. The van der Waals surface area contributed by atoms with Crippen molar-refractivity contribution in [3.8, 4) is 5.75 Å². The van der Waals surface area contributed by atoms with Crippen molar-refractivity contribution in [2.45, 2.75) is 45.1 Å². The lowest BCUT2D eigenvalue weighted by Gasteiger charge is -2.22. The maximum Gasteiger partial charge on any atom is 0.390 e. The van der Waals surface area contributed by atoms with Crippen molar-refractivity contribution >= 4 is 0 Å². The molecule has 0 heterocycles. The molecule has 0 aliphatic rings. The van der Waals surface area contributed by atoms with Crippen molar-refractivity contribution in [2.75, 3.05) is 14.2 Å². The Bertz CT molecular complexity index is 449. The van der Waals surface area contributed by atoms with E-state index < -0.39 is 18.6 Å². The maximum atomic E-state index is 12.3. The number of halogens is 3. The maximum absolute atomic E-state index is 12.3. The van der Waals surface area contributed by atoms with Crippen LogP contribution >= 0.6 is 0 Å². The molecule has 0 radical (unpaired) electrons. The van der Waals surface area contributed by atoms with Crippen molar-refractivity contribution in [2.24, 2.45) is 0 Å². The van der Waals surface area contributed by atoms with Crippen LogP contribution in [0, 0.1) is 0 Å². The number of alkyl halides is 3. The number of ether oxygens (including phenoxy) is 2. The monoisotopic (exact) mass is 305 g/mol. The molecule has 2 unspecified atom stereocenters. The van der Waals surface area contributed by atoms with Crippen LogP contribution in [0.15, 0.2) is 18.2 Å². The molecule has 6 heteroatoms. The Hall–Kier alpha value is -1.27. The quantitative estimate of drug-likeness (QED) is 0.830. The molecule has 0 aliphatic carbocycles. The van der Waals surface area contributed by atoms with Gasteiger partial charge in [0.25, 0.3) is 0 Å². The van der Waals surface area contributed by atoms with Gasteiger partial charge in [0.2, 0.25) is 0 Å². The van der Waals surface area contributed by atoms with Crippen LogP contribution in [0.25, 0.3) is 0 Å². The lowest BCUT2D eigenvalue weighted by molar-refractivity contribution is -0.139. The fourth-order valence-corrected chi connectivity index (χ4v) is 2.27. The Morgan fingerprint density at radius 1 is 1.19 bits per heavy atom. The van der Waals surface area contributed by atoms with Crippen LogP contribution in [0.3, 0.4) is 0 Å². The van der Waals surface area contributed by atoms with E-state index in [1.807, 2.05) is 19.1 Å². The molecular formula is C15H22F3NO2. The van der Waals surface area contributed by atoms with Gasteiger partial charge in [0.1, 0.15) is 5.75 Å². The summed E-state index contributed by atoms with van der Waals surface area (Å²) in [5, 5.41) is 2.96. The van der Waals surface area contributed by atoms with Crippen LogP contribution < -0.4 is 10.1 Å². The van der Waals surface area contributed by atoms with E-state index in [4.69, 9.17) is 9.47 Å². The lowest BCUT2D eigenvalue weighted by Crippen LogP contribution is -2.33. The zero-order valence-corrected chi connectivity index (χ0v) is 12.8. The van der Waals surface area contributed by atoms with E-state index in [2.05, 4.69) is 5.32 Å². The summed E-state index contributed by atoms with van der Waals surface area (Å²) in [6, 6.07) is 4.70. The van der Waals surface area contributed by atoms with Crippen molar-refractivity contribution in [1.29, 1.82) is 0 Å². The molecule has 0 aliphatic heterocycles. The Morgan fingerprint density at radius 2 is 1.86 bits per heavy atom. The fraction of sp³-hybridized carbons (Fsp3) is 0.600. The summed E-state index contributed by atoms with van der Waals surface area (Å²) in [7, 11) is 3.15. The van der Waals surface area contributed by atoms with Gasteiger partial charge in [-0.25, -0.2) is 0 Å². The summed E-state index contributed by atoms with van der Waals surface area (Å²) < 4.78 is 47.4. The van der Waals surface area contributed by atoms with Gasteiger partial charge in [-0.05, 0) is 31.5 Å². The largest absolute Gasteiger partial charge is 0.496 e. The Kier molecular flexibility index (Phi) is 6.48. The van der Waals surface area contributed by atoms with E-state index in [0.717, 1.165) is 11.1 Å². The molecule has 1 aromatic rings. The summed E-state index contributed by atoms with van der Waals surface area (Å²) in [6.45, 7) is 3.76. The predicted molar refractivity (Wildman–Crippen MR) is 75.4 cm³/mol. The van der Waals surface area contributed by atoms with Gasteiger partial charge in [-0.3, -0.25) is 0 Å². The topological polar surface area (TPSA) is 30.5 Å². The summed E-state index contributed by atoms with van der Waals surface area (Å²) >= 11 is 0. The van der Waals surface area contributed by atoms with Crippen molar-refractivity contribution in [1.82, 2.24) is 5.32 Å². The van der Waals surface area contributed by atoms with E-state index in [9.17, 15) is 13.2 Å². The summed E-state index contributed by atoms with van der Waals surface area (Å²) in [6.07, 6.45) is -5.01. The molecule has 2 atom stereocenters. The van der Waals surface area contributed by atoms with Crippen molar-refractivity contribution in [3.63, 3.8) is 0 Å². The third-order valence-corrected chi connectivity index (χ3v) is 3.18.